The number of methoxy groups -OCH3 is 1. The van der Waals surface area contributed by atoms with Crippen LogP contribution in [0.25, 0.3) is 0 Å². The van der Waals surface area contributed by atoms with Crippen LogP contribution in [-0.4, -0.2) is 30.4 Å². The Hall–Kier alpha value is -3.62. The number of carbonyl (C=O) groups is 1. The van der Waals surface area contributed by atoms with Gasteiger partial charge in [0.1, 0.15) is 5.75 Å². The highest BCUT2D eigenvalue weighted by molar-refractivity contribution is 6.35. The fourth-order valence-corrected chi connectivity index (χ4v) is 2.05. The third-order valence-corrected chi connectivity index (χ3v) is 3.45. The number of ether oxygens (including phenoxy) is 2. The molecule has 0 radical (unpaired) electrons. The van der Waals surface area contributed by atoms with E-state index < -0.39 is 10.9 Å². The van der Waals surface area contributed by atoms with Crippen LogP contribution in [0.4, 0.5) is 11.4 Å². The molecule has 0 spiro atoms. The molecule has 2 aromatic carbocycles. The molecule has 0 heterocycles. The number of hydrogen-bond donors (Lipinski definition) is 2. The van der Waals surface area contributed by atoms with Gasteiger partial charge in [-0.2, -0.15) is 0 Å². The minimum atomic E-state index is -0.611. The largest absolute Gasteiger partial charge is 0.497 e. The number of hydrazine groups is 1. The number of anilines is 1. The van der Waals surface area contributed by atoms with E-state index in [2.05, 4.69) is 15.8 Å². The molecule has 9 nitrogen and oxygen atoms in total. The summed E-state index contributed by atoms with van der Waals surface area (Å²) < 4.78 is 10.1. The Morgan fingerprint density at radius 3 is 2.37 bits per heavy atom. The van der Waals surface area contributed by atoms with Gasteiger partial charge in [0.25, 0.3) is 5.69 Å². The Morgan fingerprint density at radius 2 is 1.81 bits per heavy atom. The van der Waals surface area contributed by atoms with Crippen molar-refractivity contribution in [2.45, 2.75) is 13.5 Å². The first kappa shape index (κ1) is 19.7. The predicted molar refractivity (Wildman–Crippen MR) is 101 cm³/mol. The smallest absolute Gasteiger partial charge is 0.375 e. The highest BCUT2D eigenvalue weighted by atomic mass is 16.6. The van der Waals surface area contributed by atoms with Crippen LogP contribution in [0.2, 0.25) is 0 Å². The van der Waals surface area contributed by atoms with Gasteiger partial charge in [0.2, 0.25) is 5.84 Å². The summed E-state index contributed by atoms with van der Waals surface area (Å²) in [6.07, 6.45) is 0. The van der Waals surface area contributed by atoms with E-state index in [0.29, 0.717) is 5.69 Å². The molecule has 0 saturated heterocycles. The molecule has 0 aliphatic rings. The van der Waals surface area contributed by atoms with Gasteiger partial charge < -0.3 is 9.47 Å². The number of benzene rings is 2. The van der Waals surface area contributed by atoms with Crippen LogP contribution < -0.4 is 15.6 Å². The zero-order chi connectivity index (χ0) is 19.6. The second kappa shape index (κ2) is 9.76. The lowest BCUT2D eigenvalue weighted by Gasteiger charge is -2.11. The van der Waals surface area contributed by atoms with Crippen molar-refractivity contribution in [2.24, 2.45) is 4.99 Å². The summed E-state index contributed by atoms with van der Waals surface area (Å²) in [4.78, 5) is 26.5. The molecule has 0 saturated carbocycles. The van der Waals surface area contributed by atoms with Crippen molar-refractivity contribution in [1.29, 1.82) is 0 Å². The Labute approximate surface area is 156 Å². The van der Waals surface area contributed by atoms with Crippen LogP contribution in [0.5, 0.6) is 5.75 Å². The van der Waals surface area contributed by atoms with Crippen LogP contribution in [0.1, 0.15) is 12.5 Å². The Balaban J connectivity index is 2.06. The van der Waals surface area contributed by atoms with E-state index in [1.54, 1.807) is 26.2 Å². The van der Waals surface area contributed by atoms with E-state index in [-0.39, 0.29) is 24.7 Å². The number of carbonyl (C=O) groups excluding carboxylic acids is 1. The van der Waals surface area contributed by atoms with Crippen LogP contribution in [0, 0.1) is 10.1 Å². The van der Waals surface area contributed by atoms with Gasteiger partial charge in [-0.15, -0.1) is 0 Å². The van der Waals surface area contributed by atoms with E-state index in [1.807, 2.05) is 12.1 Å². The van der Waals surface area contributed by atoms with E-state index in [4.69, 9.17) is 9.47 Å². The second-order valence-corrected chi connectivity index (χ2v) is 5.29. The number of hydrogen-bond acceptors (Lipinski definition) is 7. The first-order valence-electron chi connectivity index (χ1n) is 8.14. The van der Waals surface area contributed by atoms with Gasteiger partial charge in [0.15, 0.2) is 0 Å². The Kier molecular flexibility index (Phi) is 7.12. The number of nitro benzene ring substituents is 1. The van der Waals surface area contributed by atoms with Crippen molar-refractivity contribution >= 4 is 23.2 Å². The number of nitrogens with one attached hydrogen (secondary N) is 2. The molecular weight excluding hydrogens is 352 g/mol. The molecule has 2 rings (SSSR count). The van der Waals surface area contributed by atoms with Crippen molar-refractivity contribution in [1.82, 2.24) is 5.43 Å². The standard InChI is InChI=1S/C18H20N4O5/c1-3-27-18(23)17(19-12-13-4-10-16(26-2)11-5-13)21-20-14-6-8-15(9-7-14)22(24)25/h4-11,20H,3,12H2,1-2H3,(H,19,21). The lowest BCUT2D eigenvalue weighted by molar-refractivity contribution is -0.384. The summed E-state index contributed by atoms with van der Waals surface area (Å²) >= 11 is 0. The topological polar surface area (TPSA) is 115 Å². The number of nitrogens with zero attached hydrogens (tertiary/aromatic N) is 2. The van der Waals surface area contributed by atoms with Gasteiger partial charge in [-0.25, -0.2) is 4.79 Å². The average Bonchev–Trinajstić information content (AvgIpc) is 2.69. The quantitative estimate of drug-likeness (QED) is 0.252. The van der Waals surface area contributed by atoms with Crippen LogP contribution in [0.15, 0.2) is 53.5 Å². The third-order valence-electron chi connectivity index (χ3n) is 3.45. The van der Waals surface area contributed by atoms with Crippen molar-refractivity contribution in [3.63, 3.8) is 0 Å². The first-order chi connectivity index (χ1) is 13.0. The molecule has 142 valence electrons. The number of non-ortho nitro benzene ring substituents is 1. The van der Waals surface area contributed by atoms with Gasteiger partial charge in [-0.1, -0.05) is 12.1 Å². The predicted octanol–water partition coefficient (Wildman–Crippen LogP) is 2.68. The number of amidine groups is 1. The second-order valence-electron chi connectivity index (χ2n) is 5.29. The third kappa shape index (κ3) is 5.99. The maximum absolute atomic E-state index is 12.1. The Bertz CT molecular complexity index is 804. The molecule has 0 aliphatic carbocycles. The van der Waals surface area contributed by atoms with Gasteiger partial charge in [-0.05, 0) is 36.8 Å². The van der Waals surface area contributed by atoms with Gasteiger partial charge in [-0.3, -0.25) is 26.0 Å². The molecule has 0 unspecified atom stereocenters. The zero-order valence-corrected chi connectivity index (χ0v) is 15.0. The number of rotatable bonds is 7. The summed E-state index contributed by atoms with van der Waals surface area (Å²) in [5, 5.41) is 10.7. The molecule has 0 fully saturated rings. The minimum Gasteiger partial charge on any atom is -0.497 e. The van der Waals surface area contributed by atoms with E-state index in [1.165, 1.54) is 24.3 Å². The van der Waals surface area contributed by atoms with E-state index in [9.17, 15) is 14.9 Å². The van der Waals surface area contributed by atoms with Crippen molar-refractivity contribution in [3.8, 4) is 5.75 Å². The molecule has 0 aromatic heterocycles. The molecule has 2 aromatic rings. The molecular formula is C18H20N4O5. The highest BCUT2D eigenvalue weighted by Crippen LogP contribution is 2.15. The SMILES string of the molecule is CCOC(=O)C(=NCc1ccc(OC)cc1)NNc1ccc([N+](=O)[O-])cc1. The minimum absolute atomic E-state index is 0.00831. The Morgan fingerprint density at radius 1 is 1.15 bits per heavy atom. The van der Waals surface area contributed by atoms with Crippen molar-refractivity contribution in [2.75, 3.05) is 19.1 Å². The fourth-order valence-electron chi connectivity index (χ4n) is 2.05. The van der Waals surface area contributed by atoms with Crippen LogP contribution >= 0.6 is 0 Å². The van der Waals surface area contributed by atoms with E-state index in [0.717, 1.165) is 11.3 Å². The maximum Gasteiger partial charge on any atom is 0.375 e. The average molecular weight is 372 g/mol. The van der Waals surface area contributed by atoms with E-state index >= 15 is 0 Å². The zero-order valence-electron chi connectivity index (χ0n) is 15.0. The maximum atomic E-state index is 12.1. The van der Waals surface area contributed by atoms with Crippen LogP contribution in [-0.2, 0) is 16.1 Å². The number of aliphatic imine (C=N–C) groups is 1. The molecule has 0 atom stereocenters. The molecule has 0 aliphatic heterocycles. The molecule has 2 N–H and O–H groups in total. The van der Waals surface area contributed by atoms with Crippen molar-refractivity contribution in [3.05, 3.63) is 64.2 Å². The van der Waals surface area contributed by atoms with Gasteiger partial charge >= 0.3 is 5.97 Å². The normalized spacial score (nSPS) is 10.8. The summed E-state index contributed by atoms with van der Waals surface area (Å²) in [6.45, 7) is 2.16. The lowest BCUT2D eigenvalue weighted by atomic mass is 10.2. The molecule has 9 heteroatoms. The first-order valence-corrected chi connectivity index (χ1v) is 8.14. The molecule has 0 bridgehead atoms. The highest BCUT2D eigenvalue weighted by Gasteiger charge is 2.12. The van der Waals surface area contributed by atoms with Gasteiger partial charge in [0.05, 0.1) is 30.9 Å². The molecule has 27 heavy (non-hydrogen) atoms. The lowest BCUT2D eigenvalue weighted by Crippen LogP contribution is -2.37. The molecule has 0 amide bonds. The summed E-state index contributed by atoms with van der Waals surface area (Å²) in [5.41, 5.74) is 6.86. The summed E-state index contributed by atoms with van der Waals surface area (Å²) in [5.74, 6) is 0.109. The summed E-state index contributed by atoms with van der Waals surface area (Å²) in [6, 6.07) is 13.0. The number of nitro groups is 1. The van der Waals surface area contributed by atoms with Crippen molar-refractivity contribution < 1.29 is 19.2 Å². The van der Waals surface area contributed by atoms with Gasteiger partial charge in [0, 0.05) is 12.1 Å². The van der Waals surface area contributed by atoms with Crippen LogP contribution in [0.3, 0.4) is 0 Å². The number of esters is 1. The summed E-state index contributed by atoms with van der Waals surface area (Å²) in [7, 11) is 1.58. The fraction of sp³-hybridized carbons (Fsp3) is 0.222. The monoisotopic (exact) mass is 372 g/mol.